The molecule has 0 spiro atoms. The monoisotopic (exact) mass is 477 g/mol. The van der Waals surface area contributed by atoms with Crippen LogP contribution in [0.25, 0.3) is 5.69 Å². The minimum Gasteiger partial charge on any atom is -0.378 e. The van der Waals surface area contributed by atoms with E-state index in [1.165, 1.54) is 17.3 Å². The van der Waals surface area contributed by atoms with Crippen molar-refractivity contribution in [3.05, 3.63) is 95.3 Å². The zero-order valence-electron chi connectivity index (χ0n) is 18.3. The number of amides is 1. The molecule has 0 aliphatic carbocycles. The summed E-state index contributed by atoms with van der Waals surface area (Å²) in [4.78, 5) is 12.7. The first-order valence-electron chi connectivity index (χ1n) is 10.5. The van der Waals surface area contributed by atoms with E-state index in [1.807, 2.05) is 78.2 Å². The predicted octanol–water partition coefficient (Wildman–Crippen LogP) is 5.96. The van der Waals surface area contributed by atoms with Crippen LogP contribution in [0.2, 0.25) is 5.02 Å². The average Bonchev–Trinajstić information content (AvgIpc) is 3.21. The van der Waals surface area contributed by atoms with Crippen molar-refractivity contribution in [1.29, 1.82) is 0 Å². The van der Waals surface area contributed by atoms with Gasteiger partial charge in [-0.25, -0.2) is 0 Å². The van der Waals surface area contributed by atoms with Gasteiger partial charge in [0.15, 0.2) is 11.0 Å². The fourth-order valence-electron chi connectivity index (χ4n) is 3.20. The van der Waals surface area contributed by atoms with Crippen molar-refractivity contribution in [2.24, 2.45) is 0 Å². The Labute approximate surface area is 202 Å². The topological polar surface area (TPSA) is 71.8 Å². The van der Waals surface area contributed by atoms with Crippen LogP contribution in [0, 0.1) is 6.92 Å². The number of carbonyl (C=O) groups is 1. The number of rotatable bonds is 8. The maximum Gasteiger partial charge on any atom is 0.237 e. The molecule has 0 radical (unpaired) electrons. The number of aryl methyl sites for hydroxylation is 1. The number of para-hydroxylation sites is 1. The van der Waals surface area contributed by atoms with Gasteiger partial charge in [-0.05, 0) is 56.3 Å². The van der Waals surface area contributed by atoms with Gasteiger partial charge in [-0.2, -0.15) is 0 Å². The Morgan fingerprint density at radius 3 is 2.48 bits per heavy atom. The Morgan fingerprint density at radius 1 is 1.00 bits per heavy atom. The zero-order valence-corrected chi connectivity index (χ0v) is 19.9. The van der Waals surface area contributed by atoms with Crippen LogP contribution in [0.4, 0.5) is 11.4 Å². The molecule has 33 heavy (non-hydrogen) atoms. The number of benzene rings is 3. The van der Waals surface area contributed by atoms with E-state index in [-0.39, 0.29) is 11.2 Å². The van der Waals surface area contributed by atoms with Gasteiger partial charge in [0.2, 0.25) is 5.91 Å². The molecule has 8 heteroatoms. The average molecular weight is 478 g/mol. The Morgan fingerprint density at radius 2 is 1.76 bits per heavy atom. The van der Waals surface area contributed by atoms with Crippen LogP contribution in [-0.4, -0.2) is 25.9 Å². The van der Waals surface area contributed by atoms with Crippen LogP contribution in [0.1, 0.15) is 18.3 Å². The molecule has 6 nitrogen and oxygen atoms in total. The molecule has 0 saturated carbocycles. The maximum atomic E-state index is 12.7. The molecule has 2 N–H and O–H groups in total. The lowest BCUT2D eigenvalue weighted by Gasteiger charge is -2.14. The molecule has 1 heterocycles. The number of hydrogen-bond acceptors (Lipinski definition) is 5. The van der Waals surface area contributed by atoms with Gasteiger partial charge in [-0.15, -0.1) is 10.2 Å². The van der Waals surface area contributed by atoms with Gasteiger partial charge in [-0.3, -0.25) is 9.36 Å². The third-order valence-corrected chi connectivity index (χ3v) is 6.24. The number of halogens is 1. The van der Waals surface area contributed by atoms with Gasteiger partial charge in [0.25, 0.3) is 0 Å². The van der Waals surface area contributed by atoms with Gasteiger partial charge in [-0.1, -0.05) is 65.3 Å². The second-order valence-electron chi connectivity index (χ2n) is 7.55. The molecule has 1 aromatic heterocycles. The number of carbonyl (C=O) groups excluding carboxylic acids is 1. The molecular formula is C25H24ClN5OS. The first-order valence-corrected chi connectivity index (χ1v) is 11.8. The summed E-state index contributed by atoms with van der Waals surface area (Å²) in [7, 11) is 0. The second-order valence-corrected chi connectivity index (χ2v) is 9.29. The summed E-state index contributed by atoms with van der Waals surface area (Å²) in [6.07, 6.45) is 0. The van der Waals surface area contributed by atoms with E-state index in [0.29, 0.717) is 16.7 Å². The highest BCUT2D eigenvalue weighted by Gasteiger charge is 2.21. The Balaban J connectivity index is 1.56. The summed E-state index contributed by atoms with van der Waals surface area (Å²) in [5.74, 6) is 0.613. The largest absolute Gasteiger partial charge is 0.378 e. The second kappa shape index (κ2) is 10.6. The van der Waals surface area contributed by atoms with Crippen LogP contribution in [0.5, 0.6) is 0 Å². The molecule has 0 aliphatic rings. The molecule has 1 amide bonds. The number of nitrogens with zero attached hydrogens (tertiary/aromatic N) is 3. The molecule has 1 atom stereocenters. The highest BCUT2D eigenvalue weighted by Crippen LogP contribution is 2.28. The summed E-state index contributed by atoms with van der Waals surface area (Å²) in [6.45, 7) is 4.37. The molecule has 4 rings (SSSR count). The summed E-state index contributed by atoms with van der Waals surface area (Å²) in [5.41, 5.74) is 3.79. The van der Waals surface area contributed by atoms with Gasteiger partial charge in [0, 0.05) is 16.4 Å². The lowest BCUT2D eigenvalue weighted by molar-refractivity contribution is -0.115. The molecule has 0 bridgehead atoms. The molecule has 0 fully saturated rings. The number of nitrogens with one attached hydrogen (secondary N) is 2. The summed E-state index contributed by atoms with van der Waals surface area (Å²) in [6, 6.07) is 25.1. The lowest BCUT2D eigenvalue weighted by atomic mass is 10.2. The van der Waals surface area contributed by atoms with Crippen molar-refractivity contribution in [1.82, 2.24) is 14.8 Å². The minimum atomic E-state index is -0.384. The van der Waals surface area contributed by atoms with Crippen molar-refractivity contribution in [2.45, 2.75) is 30.8 Å². The van der Waals surface area contributed by atoms with Gasteiger partial charge < -0.3 is 10.6 Å². The number of aromatic nitrogens is 3. The molecule has 0 saturated heterocycles. The van der Waals surface area contributed by atoms with Crippen molar-refractivity contribution in [3.8, 4) is 5.69 Å². The Hall–Kier alpha value is -3.29. The molecule has 168 valence electrons. The van der Waals surface area contributed by atoms with Crippen molar-refractivity contribution in [3.63, 3.8) is 0 Å². The molecular weight excluding hydrogens is 454 g/mol. The normalized spacial score (nSPS) is 11.7. The van der Waals surface area contributed by atoms with Crippen molar-refractivity contribution in [2.75, 3.05) is 10.6 Å². The molecule has 4 aromatic rings. The van der Waals surface area contributed by atoms with Gasteiger partial charge >= 0.3 is 0 Å². The Bertz CT molecular complexity index is 1230. The van der Waals surface area contributed by atoms with E-state index in [4.69, 9.17) is 11.6 Å². The maximum absolute atomic E-state index is 12.7. The summed E-state index contributed by atoms with van der Waals surface area (Å²) >= 11 is 7.61. The zero-order chi connectivity index (χ0) is 23.2. The fraction of sp³-hybridized carbons (Fsp3) is 0.160. The molecule has 0 unspecified atom stereocenters. The van der Waals surface area contributed by atoms with E-state index in [0.717, 1.165) is 22.9 Å². The van der Waals surface area contributed by atoms with Crippen molar-refractivity contribution >= 4 is 40.6 Å². The fourth-order valence-corrected chi connectivity index (χ4v) is 4.27. The van der Waals surface area contributed by atoms with Crippen LogP contribution in [0.3, 0.4) is 0 Å². The predicted molar refractivity (Wildman–Crippen MR) is 135 cm³/mol. The summed E-state index contributed by atoms with van der Waals surface area (Å²) in [5, 5.41) is 16.0. The minimum absolute atomic E-state index is 0.105. The summed E-state index contributed by atoms with van der Waals surface area (Å²) < 4.78 is 1.93. The first-order chi connectivity index (χ1) is 16.0. The highest BCUT2D eigenvalue weighted by atomic mass is 35.5. The smallest absolute Gasteiger partial charge is 0.237 e. The highest BCUT2D eigenvalue weighted by molar-refractivity contribution is 8.00. The van der Waals surface area contributed by atoms with Crippen LogP contribution < -0.4 is 10.6 Å². The van der Waals surface area contributed by atoms with Gasteiger partial charge in [0.05, 0.1) is 17.5 Å². The van der Waals surface area contributed by atoms with Crippen LogP contribution in [-0.2, 0) is 11.3 Å². The Kier molecular flexibility index (Phi) is 7.32. The standard InChI is InChI=1S/C25H24ClN5OS/c1-17-11-13-20(14-12-17)27-16-23-29-30-25(31(23)22-10-6-7-19(26)15-22)33-18(2)24(32)28-21-8-4-3-5-9-21/h3-15,18,27H,16H2,1-2H3,(H,28,32)/t18-/m0/s1. The van der Waals surface area contributed by atoms with E-state index in [9.17, 15) is 4.79 Å². The quantitative estimate of drug-likeness (QED) is 0.306. The molecule has 0 aliphatic heterocycles. The first kappa shape index (κ1) is 22.9. The molecule has 3 aromatic carbocycles. The number of anilines is 2. The van der Waals surface area contributed by atoms with E-state index in [1.54, 1.807) is 0 Å². The van der Waals surface area contributed by atoms with Crippen molar-refractivity contribution < 1.29 is 4.79 Å². The van der Waals surface area contributed by atoms with E-state index in [2.05, 4.69) is 39.9 Å². The van der Waals surface area contributed by atoms with Crippen LogP contribution in [0.15, 0.2) is 84.0 Å². The third kappa shape index (κ3) is 5.94. The SMILES string of the molecule is Cc1ccc(NCc2nnc(S[C@@H](C)C(=O)Nc3ccccc3)n2-c2cccc(Cl)c2)cc1. The van der Waals surface area contributed by atoms with E-state index < -0.39 is 0 Å². The van der Waals surface area contributed by atoms with Crippen LogP contribution >= 0.6 is 23.4 Å². The van der Waals surface area contributed by atoms with Gasteiger partial charge in [0.1, 0.15) is 0 Å². The number of hydrogen-bond donors (Lipinski definition) is 2. The third-order valence-electron chi connectivity index (χ3n) is 4.96. The lowest BCUT2D eigenvalue weighted by Crippen LogP contribution is -2.23. The van der Waals surface area contributed by atoms with E-state index >= 15 is 0 Å². The number of thioether (sulfide) groups is 1.